The summed E-state index contributed by atoms with van der Waals surface area (Å²) in [7, 11) is 1.04. The van der Waals surface area contributed by atoms with Crippen molar-refractivity contribution in [3.8, 4) is 5.75 Å². The summed E-state index contributed by atoms with van der Waals surface area (Å²) in [6.07, 6.45) is -1.85. The van der Waals surface area contributed by atoms with E-state index in [0.717, 1.165) is 19.2 Å². The summed E-state index contributed by atoms with van der Waals surface area (Å²) in [5.41, 5.74) is 18.0. The minimum absolute atomic E-state index is 0.00367. The third-order valence-corrected chi connectivity index (χ3v) is 5.79. The fourth-order valence-corrected chi connectivity index (χ4v) is 4.11. The summed E-state index contributed by atoms with van der Waals surface area (Å²) < 4.78 is 45.4. The number of rotatable bonds is 5. The van der Waals surface area contributed by atoms with Crippen LogP contribution in [0.3, 0.4) is 0 Å². The van der Waals surface area contributed by atoms with Crippen LogP contribution in [0, 0.1) is 0 Å². The summed E-state index contributed by atoms with van der Waals surface area (Å²) in [4.78, 5) is 13.7. The van der Waals surface area contributed by atoms with Crippen molar-refractivity contribution in [3.05, 3.63) is 82.3 Å². The highest BCUT2D eigenvalue weighted by molar-refractivity contribution is 5.91. The largest absolute Gasteiger partial charge is 0.507 e. The van der Waals surface area contributed by atoms with Crippen molar-refractivity contribution in [3.63, 3.8) is 0 Å². The number of para-hydroxylation sites is 1. The molecular formula is C24H27F3N4O3. The molecule has 1 atom stereocenters. The molecule has 1 aliphatic rings. The lowest BCUT2D eigenvalue weighted by Gasteiger charge is -2.36. The van der Waals surface area contributed by atoms with Crippen LogP contribution in [0.5, 0.6) is 5.75 Å². The van der Waals surface area contributed by atoms with Crippen molar-refractivity contribution in [2.24, 2.45) is 17.2 Å². The summed E-state index contributed by atoms with van der Waals surface area (Å²) in [6.45, 7) is 0.910. The average molecular weight is 476 g/mol. The minimum Gasteiger partial charge on any atom is -0.507 e. The molecule has 0 saturated carbocycles. The first-order chi connectivity index (χ1) is 16.0. The van der Waals surface area contributed by atoms with Gasteiger partial charge in [0, 0.05) is 30.3 Å². The molecule has 0 aromatic heterocycles. The number of phenolic OH excluding ortho intramolecular Hbond substituents is 1. The lowest BCUT2D eigenvalue weighted by atomic mass is 9.88. The van der Waals surface area contributed by atoms with E-state index in [4.69, 9.17) is 17.2 Å². The van der Waals surface area contributed by atoms with Gasteiger partial charge in [-0.15, -0.1) is 0 Å². The highest BCUT2D eigenvalue weighted by Crippen LogP contribution is 2.37. The van der Waals surface area contributed by atoms with Gasteiger partial charge < -0.3 is 31.9 Å². The Kier molecular flexibility index (Phi) is 7.29. The van der Waals surface area contributed by atoms with E-state index >= 15 is 0 Å². The van der Waals surface area contributed by atoms with Crippen molar-refractivity contribution in [2.45, 2.75) is 24.9 Å². The van der Waals surface area contributed by atoms with E-state index in [-0.39, 0.29) is 23.2 Å². The molecule has 10 heteroatoms. The number of alkyl halides is 3. The molecular weight excluding hydrogens is 449 g/mol. The Morgan fingerprint density at radius 3 is 2.47 bits per heavy atom. The number of carbonyl (C=O) groups excluding carboxylic acids is 1. The predicted molar refractivity (Wildman–Crippen MR) is 122 cm³/mol. The summed E-state index contributed by atoms with van der Waals surface area (Å²) in [5.74, 6) is -1.32. The Bertz CT molecular complexity index is 1120. The molecule has 34 heavy (non-hydrogen) atoms. The maximum absolute atomic E-state index is 13.6. The van der Waals surface area contributed by atoms with Gasteiger partial charge in [0.1, 0.15) is 11.6 Å². The Labute approximate surface area is 195 Å². The van der Waals surface area contributed by atoms with Crippen LogP contribution in [-0.2, 0) is 10.9 Å². The third-order valence-electron chi connectivity index (χ3n) is 5.79. The van der Waals surface area contributed by atoms with Gasteiger partial charge in [0.2, 0.25) is 0 Å². The van der Waals surface area contributed by atoms with Gasteiger partial charge in [-0.1, -0.05) is 18.2 Å². The highest BCUT2D eigenvalue weighted by Gasteiger charge is 2.37. The van der Waals surface area contributed by atoms with E-state index in [2.05, 4.69) is 4.74 Å². The summed E-state index contributed by atoms with van der Waals surface area (Å²) in [6, 6.07) is 10.2. The van der Waals surface area contributed by atoms with Crippen molar-refractivity contribution in [1.29, 1.82) is 0 Å². The van der Waals surface area contributed by atoms with Gasteiger partial charge in [0.25, 0.3) is 0 Å². The number of benzene rings is 2. The highest BCUT2D eigenvalue weighted by atomic mass is 19.4. The Morgan fingerprint density at radius 2 is 1.85 bits per heavy atom. The van der Waals surface area contributed by atoms with Crippen LogP contribution in [0.1, 0.15) is 45.8 Å². The van der Waals surface area contributed by atoms with Crippen LogP contribution < -0.4 is 17.2 Å². The number of methoxy groups -OCH3 is 1. The molecule has 0 aliphatic carbocycles. The molecule has 1 unspecified atom stereocenters. The van der Waals surface area contributed by atoms with Gasteiger partial charge in [-0.25, -0.2) is 4.79 Å². The lowest BCUT2D eigenvalue weighted by Crippen LogP contribution is -2.36. The van der Waals surface area contributed by atoms with Crippen molar-refractivity contribution in [2.75, 3.05) is 20.2 Å². The standard InChI is InChI=1S/C24H27F3N4O3/c1-34-23(33)16-9-8-14(11-18(16)24(25,26)27)15-5-4-10-31(13-15)20(22(29)30)12-19(28)17-6-2-3-7-21(17)32/h2-3,6-9,11-12,15,32H,4-5,10,13,28-30H2,1H3/b19-12-. The zero-order chi connectivity index (χ0) is 25.0. The summed E-state index contributed by atoms with van der Waals surface area (Å²) in [5, 5.41) is 10.1. The van der Waals surface area contributed by atoms with Gasteiger partial charge in [0.15, 0.2) is 0 Å². The molecule has 0 amide bonds. The quantitative estimate of drug-likeness (QED) is 0.384. The zero-order valence-electron chi connectivity index (χ0n) is 18.6. The second-order valence-corrected chi connectivity index (χ2v) is 8.04. The number of hydrogen-bond acceptors (Lipinski definition) is 7. The number of esters is 1. The predicted octanol–water partition coefficient (Wildman–Crippen LogP) is 3.46. The molecule has 1 saturated heterocycles. The number of phenols is 1. The second kappa shape index (κ2) is 9.98. The van der Waals surface area contributed by atoms with Gasteiger partial charge >= 0.3 is 12.1 Å². The van der Waals surface area contributed by atoms with Crippen LogP contribution >= 0.6 is 0 Å². The minimum atomic E-state index is -4.71. The molecule has 2 aromatic carbocycles. The topological polar surface area (TPSA) is 128 Å². The number of likely N-dealkylation sites (tertiary alicyclic amines) is 1. The first-order valence-electron chi connectivity index (χ1n) is 10.6. The van der Waals surface area contributed by atoms with Crippen molar-refractivity contribution < 1.29 is 27.8 Å². The number of piperidine rings is 1. The lowest BCUT2D eigenvalue weighted by molar-refractivity contribution is -0.138. The number of nitrogens with zero attached hydrogens (tertiary/aromatic N) is 1. The molecule has 2 aromatic rings. The zero-order valence-corrected chi connectivity index (χ0v) is 18.6. The van der Waals surface area contributed by atoms with Crippen LogP contribution in [0.15, 0.2) is 60.1 Å². The first-order valence-corrected chi connectivity index (χ1v) is 10.6. The molecule has 1 aliphatic heterocycles. The molecule has 1 fully saturated rings. The van der Waals surface area contributed by atoms with E-state index in [1.807, 2.05) is 4.90 Å². The number of hydrogen-bond donors (Lipinski definition) is 4. The maximum Gasteiger partial charge on any atom is 0.417 e. The van der Waals surface area contributed by atoms with Crippen LogP contribution in [0.4, 0.5) is 13.2 Å². The van der Waals surface area contributed by atoms with E-state index in [1.54, 1.807) is 24.3 Å². The number of halogens is 3. The number of carbonyl (C=O) groups is 1. The molecule has 0 radical (unpaired) electrons. The number of allylic oxidation sites excluding steroid dienone is 1. The molecule has 0 spiro atoms. The summed E-state index contributed by atoms with van der Waals surface area (Å²) >= 11 is 0. The molecule has 7 N–H and O–H groups in total. The smallest absolute Gasteiger partial charge is 0.417 e. The van der Waals surface area contributed by atoms with Gasteiger partial charge in [-0.3, -0.25) is 0 Å². The fraction of sp³-hybridized carbons (Fsp3) is 0.292. The van der Waals surface area contributed by atoms with Crippen LogP contribution in [0.2, 0.25) is 0 Å². The number of ether oxygens (including phenoxy) is 1. The molecule has 182 valence electrons. The second-order valence-electron chi connectivity index (χ2n) is 8.04. The number of nitrogens with two attached hydrogens (primary N) is 3. The SMILES string of the molecule is COC(=O)c1ccc(C2CCCN(C(/C=C(\N)c3ccccc3O)=C(N)N)C2)cc1C(F)(F)F. The Balaban J connectivity index is 1.92. The first kappa shape index (κ1) is 24.8. The fourth-order valence-electron chi connectivity index (χ4n) is 4.11. The Hall–Kier alpha value is -3.82. The van der Waals surface area contributed by atoms with Crippen LogP contribution in [-0.4, -0.2) is 36.2 Å². The maximum atomic E-state index is 13.6. The van der Waals surface area contributed by atoms with Crippen molar-refractivity contribution in [1.82, 2.24) is 4.90 Å². The third kappa shape index (κ3) is 5.38. The van der Waals surface area contributed by atoms with E-state index in [9.17, 15) is 23.1 Å². The van der Waals surface area contributed by atoms with Gasteiger partial charge in [-0.2, -0.15) is 13.2 Å². The van der Waals surface area contributed by atoms with Crippen LogP contribution in [0.25, 0.3) is 5.70 Å². The van der Waals surface area contributed by atoms with E-state index in [1.165, 1.54) is 12.1 Å². The Morgan fingerprint density at radius 1 is 1.15 bits per heavy atom. The molecule has 7 nitrogen and oxygen atoms in total. The van der Waals surface area contributed by atoms with Crippen molar-refractivity contribution >= 4 is 11.7 Å². The number of aromatic hydroxyl groups is 1. The van der Waals surface area contributed by atoms with Gasteiger partial charge in [0.05, 0.1) is 23.9 Å². The van der Waals surface area contributed by atoms with E-state index < -0.39 is 23.3 Å². The van der Waals surface area contributed by atoms with Gasteiger partial charge in [-0.05, 0) is 48.7 Å². The molecule has 3 rings (SSSR count). The average Bonchev–Trinajstić information content (AvgIpc) is 2.81. The molecule has 0 bridgehead atoms. The van der Waals surface area contributed by atoms with E-state index in [0.29, 0.717) is 42.8 Å². The normalized spacial score (nSPS) is 16.8. The molecule has 1 heterocycles. The monoisotopic (exact) mass is 476 g/mol.